The maximum Gasteiger partial charge on any atom is 0.245 e. The first kappa shape index (κ1) is 18.3. The molecule has 2 aromatic rings. The second kappa shape index (κ2) is 7.05. The molecule has 0 bridgehead atoms. The van der Waals surface area contributed by atoms with Gasteiger partial charge in [-0.05, 0) is 55.3 Å². The number of aryl methyl sites for hydroxylation is 1. The lowest BCUT2D eigenvalue weighted by atomic mass is 10.2. The smallest absolute Gasteiger partial charge is 0.245 e. The van der Waals surface area contributed by atoms with Crippen molar-refractivity contribution in [3.05, 3.63) is 53.8 Å². The number of hydrogen-bond acceptors (Lipinski definition) is 4. The number of carbonyl (C=O) groups is 1. The largest absolute Gasteiger partial charge is 0.497 e. The minimum absolute atomic E-state index is 0.159. The first-order valence-corrected chi connectivity index (χ1v) is 9.54. The van der Waals surface area contributed by atoms with Crippen LogP contribution >= 0.6 is 0 Å². The fraction of sp³-hybridized carbons (Fsp3) is 0.278. The third kappa shape index (κ3) is 3.56. The van der Waals surface area contributed by atoms with Crippen LogP contribution in [0.2, 0.25) is 0 Å². The highest BCUT2D eigenvalue weighted by Gasteiger charge is 2.36. The van der Waals surface area contributed by atoms with Crippen molar-refractivity contribution in [2.75, 3.05) is 18.6 Å². The standard InChI is InChI=1S/C18H19FN2O4S/c1-12-3-4-13(19)11-17(12)26(23,24)20-16-9-10-21(18(16)22)14-5-7-15(25-2)8-6-14/h3-8,11,16,20H,9-10H2,1-2H3/t16-/m0/s1. The molecule has 1 amide bonds. The van der Waals surface area contributed by atoms with Crippen molar-refractivity contribution in [3.63, 3.8) is 0 Å². The molecule has 1 N–H and O–H groups in total. The van der Waals surface area contributed by atoms with Gasteiger partial charge in [-0.1, -0.05) is 6.07 Å². The highest BCUT2D eigenvalue weighted by atomic mass is 32.2. The average Bonchev–Trinajstić information content (AvgIpc) is 2.97. The zero-order valence-electron chi connectivity index (χ0n) is 14.4. The Morgan fingerprint density at radius 2 is 1.88 bits per heavy atom. The number of hydrogen-bond donors (Lipinski definition) is 1. The van der Waals surface area contributed by atoms with E-state index in [2.05, 4.69) is 4.72 Å². The van der Waals surface area contributed by atoms with Crippen molar-refractivity contribution in [1.82, 2.24) is 4.72 Å². The Balaban J connectivity index is 1.78. The van der Waals surface area contributed by atoms with Gasteiger partial charge < -0.3 is 9.64 Å². The molecular weight excluding hydrogens is 359 g/mol. The molecule has 1 heterocycles. The van der Waals surface area contributed by atoms with Crippen molar-refractivity contribution >= 4 is 21.6 Å². The number of nitrogens with one attached hydrogen (secondary N) is 1. The molecule has 138 valence electrons. The third-order valence-electron chi connectivity index (χ3n) is 4.33. The molecule has 0 unspecified atom stereocenters. The quantitative estimate of drug-likeness (QED) is 0.866. The van der Waals surface area contributed by atoms with Crippen molar-refractivity contribution in [3.8, 4) is 5.75 Å². The van der Waals surface area contributed by atoms with Crippen LogP contribution in [0.15, 0.2) is 47.4 Å². The van der Waals surface area contributed by atoms with Crippen LogP contribution in [0.25, 0.3) is 0 Å². The van der Waals surface area contributed by atoms with Gasteiger partial charge in [0.05, 0.1) is 12.0 Å². The molecule has 1 fully saturated rings. The Morgan fingerprint density at radius 1 is 1.19 bits per heavy atom. The van der Waals surface area contributed by atoms with E-state index in [4.69, 9.17) is 4.74 Å². The molecule has 8 heteroatoms. The molecule has 2 aromatic carbocycles. The van der Waals surface area contributed by atoms with Crippen LogP contribution in [0.5, 0.6) is 5.75 Å². The number of nitrogens with zero attached hydrogens (tertiary/aromatic N) is 1. The Kier molecular flexibility index (Phi) is 4.97. The number of sulfonamides is 1. The van der Waals surface area contributed by atoms with Gasteiger partial charge in [0.2, 0.25) is 15.9 Å². The van der Waals surface area contributed by atoms with Gasteiger partial charge in [-0.2, -0.15) is 4.72 Å². The molecule has 6 nitrogen and oxygen atoms in total. The highest BCUT2D eigenvalue weighted by Crippen LogP contribution is 2.25. The van der Waals surface area contributed by atoms with Crippen molar-refractivity contribution in [2.24, 2.45) is 0 Å². The van der Waals surface area contributed by atoms with E-state index in [1.807, 2.05) is 0 Å². The van der Waals surface area contributed by atoms with Crippen LogP contribution < -0.4 is 14.4 Å². The number of ether oxygens (including phenoxy) is 1. The SMILES string of the molecule is COc1ccc(N2CC[C@H](NS(=O)(=O)c3cc(F)ccc3C)C2=O)cc1. The average molecular weight is 378 g/mol. The summed E-state index contributed by atoms with van der Waals surface area (Å²) in [5.41, 5.74) is 1.08. The maximum absolute atomic E-state index is 13.4. The molecule has 0 spiro atoms. The van der Waals surface area contributed by atoms with Gasteiger partial charge in [-0.3, -0.25) is 4.79 Å². The molecule has 0 radical (unpaired) electrons. The van der Waals surface area contributed by atoms with Crippen LogP contribution in [0, 0.1) is 12.7 Å². The molecule has 1 aliphatic rings. The number of halogens is 1. The lowest BCUT2D eigenvalue weighted by molar-refractivity contribution is -0.118. The fourth-order valence-electron chi connectivity index (χ4n) is 2.92. The summed E-state index contributed by atoms with van der Waals surface area (Å²) >= 11 is 0. The predicted octanol–water partition coefficient (Wildman–Crippen LogP) is 2.23. The van der Waals surface area contributed by atoms with E-state index >= 15 is 0 Å². The Bertz CT molecular complexity index is 929. The van der Waals surface area contributed by atoms with Crippen molar-refractivity contribution < 1.29 is 22.3 Å². The van der Waals surface area contributed by atoms with E-state index in [0.29, 0.717) is 30.0 Å². The summed E-state index contributed by atoms with van der Waals surface area (Å²) in [6.45, 7) is 1.97. The number of benzene rings is 2. The molecule has 26 heavy (non-hydrogen) atoms. The molecule has 0 aliphatic carbocycles. The molecule has 1 atom stereocenters. The minimum atomic E-state index is -4.00. The maximum atomic E-state index is 13.4. The number of anilines is 1. The highest BCUT2D eigenvalue weighted by molar-refractivity contribution is 7.89. The number of amides is 1. The van der Waals surface area contributed by atoms with Crippen LogP contribution in [0.3, 0.4) is 0 Å². The van der Waals surface area contributed by atoms with E-state index in [0.717, 1.165) is 6.07 Å². The molecule has 0 aromatic heterocycles. The normalized spacial score (nSPS) is 17.6. The van der Waals surface area contributed by atoms with Crippen LogP contribution in [0.1, 0.15) is 12.0 Å². The van der Waals surface area contributed by atoms with Gasteiger partial charge in [0.1, 0.15) is 17.6 Å². The van der Waals surface area contributed by atoms with Crippen LogP contribution in [-0.2, 0) is 14.8 Å². The number of rotatable bonds is 5. The van der Waals surface area contributed by atoms with Crippen molar-refractivity contribution in [2.45, 2.75) is 24.3 Å². The summed E-state index contributed by atoms with van der Waals surface area (Å²) in [4.78, 5) is 14.0. The number of carbonyl (C=O) groups excluding carboxylic acids is 1. The molecule has 3 rings (SSSR count). The Hall–Kier alpha value is -2.45. The van der Waals surface area contributed by atoms with E-state index in [9.17, 15) is 17.6 Å². The topological polar surface area (TPSA) is 75.7 Å². The summed E-state index contributed by atoms with van der Waals surface area (Å²) in [5, 5.41) is 0. The minimum Gasteiger partial charge on any atom is -0.497 e. The summed E-state index contributed by atoms with van der Waals surface area (Å²) < 4.78 is 46.1. The third-order valence-corrected chi connectivity index (χ3v) is 5.94. The van der Waals surface area contributed by atoms with Crippen LogP contribution in [-0.4, -0.2) is 34.0 Å². The van der Waals surface area contributed by atoms with E-state index in [-0.39, 0.29) is 10.8 Å². The van der Waals surface area contributed by atoms with Gasteiger partial charge in [-0.25, -0.2) is 12.8 Å². The molecule has 1 aliphatic heterocycles. The van der Waals surface area contributed by atoms with Gasteiger partial charge in [0.25, 0.3) is 0 Å². The molecule has 0 saturated carbocycles. The lowest BCUT2D eigenvalue weighted by Gasteiger charge is -2.18. The Labute approximate surface area is 151 Å². The summed E-state index contributed by atoms with van der Waals surface area (Å²) in [6, 6.07) is 9.61. The zero-order chi connectivity index (χ0) is 18.9. The second-order valence-corrected chi connectivity index (χ2v) is 7.74. The summed E-state index contributed by atoms with van der Waals surface area (Å²) in [7, 11) is -2.45. The molecular formula is C18H19FN2O4S. The summed E-state index contributed by atoms with van der Waals surface area (Å²) in [6.07, 6.45) is 0.332. The van der Waals surface area contributed by atoms with Gasteiger partial charge in [0.15, 0.2) is 0 Å². The van der Waals surface area contributed by atoms with Crippen molar-refractivity contribution in [1.29, 1.82) is 0 Å². The van der Waals surface area contributed by atoms with Gasteiger partial charge >= 0.3 is 0 Å². The van der Waals surface area contributed by atoms with E-state index in [1.54, 1.807) is 38.3 Å². The Morgan fingerprint density at radius 3 is 2.54 bits per heavy atom. The fourth-order valence-corrected chi connectivity index (χ4v) is 4.40. The van der Waals surface area contributed by atoms with Crippen LogP contribution in [0.4, 0.5) is 10.1 Å². The number of methoxy groups -OCH3 is 1. The molecule has 1 saturated heterocycles. The monoisotopic (exact) mass is 378 g/mol. The summed E-state index contributed by atoms with van der Waals surface area (Å²) in [5.74, 6) is -0.319. The van der Waals surface area contributed by atoms with Gasteiger partial charge in [0, 0.05) is 12.2 Å². The van der Waals surface area contributed by atoms with E-state index in [1.165, 1.54) is 17.0 Å². The predicted molar refractivity (Wildman–Crippen MR) is 95.2 cm³/mol. The second-order valence-electron chi connectivity index (χ2n) is 6.06. The van der Waals surface area contributed by atoms with E-state index < -0.39 is 21.9 Å². The first-order valence-electron chi connectivity index (χ1n) is 8.06. The lowest BCUT2D eigenvalue weighted by Crippen LogP contribution is -2.41. The first-order chi connectivity index (χ1) is 12.3. The van der Waals surface area contributed by atoms with Gasteiger partial charge in [-0.15, -0.1) is 0 Å². The zero-order valence-corrected chi connectivity index (χ0v) is 15.2.